The zero-order valence-electron chi connectivity index (χ0n) is 19.0. The molecule has 1 saturated heterocycles. The van der Waals surface area contributed by atoms with Crippen molar-refractivity contribution in [1.82, 2.24) is 9.80 Å². The number of fused-ring (bicyclic) bond motifs is 4. The van der Waals surface area contributed by atoms with Crippen LogP contribution in [-0.2, 0) is 4.79 Å². The summed E-state index contributed by atoms with van der Waals surface area (Å²) in [7, 11) is 0. The molecule has 0 spiro atoms. The zero-order valence-corrected chi connectivity index (χ0v) is 19.0. The Bertz CT molecular complexity index is 1250. The summed E-state index contributed by atoms with van der Waals surface area (Å²) in [6.45, 7) is 4.49. The molecule has 6 rings (SSSR count). The number of hydrogen-bond acceptors (Lipinski definition) is 3. The molecule has 3 amide bonds. The molecule has 2 aliphatic heterocycles. The molecule has 0 unspecified atom stereocenters. The van der Waals surface area contributed by atoms with Crippen LogP contribution in [0.1, 0.15) is 44.8 Å². The van der Waals surface area contributed by atoms with Crippen molar-refractivity contribution in [3.8, 4) is 11.1 Å². The lowest BCUT2D eigenvalue weighted by Gasteiger charge is -2.37. The zero-order chi connectivity index (χ0) is 23.4. The van der Waals surface area contributed by atoms with Crippen LogP contribution < -0.4 is 4.90 Å². The lowest BCUT2D eigenvalue weighted by atomic mass is 10.0. The maximum atomic E-state index is 13.3. The Balaban J connectivity index is 1.18. The number of amides is 3. The second kappa shape index (κ2) is 7.92. The van der Waals surface area contributed by atoms with Crippen LogP contribution in [-0.4, -0.2) is 59.7 Å². The minimum absolute atomic E-state index is 0.166. The highest BCUT2D eigenvalue weighted by Crippen LogP contribution is 2.41. The number of nitrogens with one attached hydrogen (secondary N) is 1. The van der Waals surface area contributed by atoms with Crippen molar-refractivity contribution in [2.24, 2.45) is 0 Å². The maximum Gasteiger partial charge on any atom is 0.262 e. The van der Waals surface area contributed by atoms with Gasteiger partial charge in [-0.3, -0.25) is 19.3 Å². The first-order valence-electron chi connectivity index (χ1n) is 11.8. The smallest absolute Gasteiger partial charge is 0.262 e. The maximum absolute atomic E-state index is 13.3. The number of piperazine rings is 1. The lowest BCUT2D eigenvalue weighted by molar-refractivity contribution is -0.929. The lowest BCUT2D eigenvalue weighted by Crippen LogP contribution is -3.15. The van der Waals surface area contributed by atoms with Crippen molar-refractivity contribution in [1.29, 1.82) is 0 Å². The van der Waals surface area contributed by atoms with Crippen molar-refractivity contribution in [2.75, 3.05) is 26.2 Å². The van der Waals surface area contributed by atoms with Crippen molar-refractivity contribution in [2.45, 2.75) is 19.0 Å². The molecule has 2 heterocycles. The number of hydrogen-bond donors (Lipinski definition) is 1. The standard InChI is InChI=1S/C28H25N3O3/c1-18(31-27(33)23-12-6-7-13-24(23)28(31)34)26(32)30-16-14-29(15-17-30)25-21-10-4-2-8-19(21)20-9-3-5-11-22(20)25/h2-13,18,25H,14-17H2,1H3/p+1/t18-/m1/s1. The summed E-state index contributed by atoms with van der Waals surface area (Å²) in [5, 5.41) is 0. The van der Waals surface area contributed by atoms with Crippen LogP contribution in [0.2, 0.25) is 0 Å². The van der Waals surface area contributed by atoms with Gasteiger partial charge >= 0.3 is 0 Å². The Hall–Kier alpha value is -3.77. The average molecular weight is 453 g/mol. The third kappa shape index (κ3) is 3.02. The summed E-state index contributed by atoms with van der Waals surface area (Å²) in [4.78, 5) is 43.3. The highest BCUT2D eigenvalue weighted by atomic mass is 16.2. The van der Waals surface area contributed by atoms with Gasteiger partial charge in [0.1, 0.15) is 12.1 Å². The molecule has 34 heavy (non-hydrogen) atoms. The van der Waals surface area contributed by atoms with Crippen LogP contribution in [0.3, 0.4) is 0 Å². The van der Waals surface area contributed by atoms with Gasteiger partial charge in [-0.05, 0) is 30.2 Å². The summed E-state index contributed by atoms with van der Waals surface area (Å²) in [5.41, 5.74) is 6.04. The Morgan fingerprint density at radius 2 is 1.21 bits per heavy atom. The predicted molar refractivity (Wildman–Crippen MR) is 127 cm³/mol. The molecule has 1 N–H and O–H groups in total. The number of quaternary nitrogens is 1. The summed E-state index contributed by atoms with van der Waals surface area (Å²) in [6, 6.07) is 23.4. The van der Waals surface area contributed by atoms with Gasteiger partial charge in [-0.25, -0.2) is 0 Å². The molecule has 170 valence electrons. The van der Waals surface area contributed by atoms with E-state index in [1.165, 1.54) is 27.2 Å². The third-order valence-corrected chi connectivity index (χ3v) is 7.53. The normalized spacial score (nSPS) is 18.6. The fourth-order valence-corrected chi connectivity index (χ4v) is 5.83. The summed E-state index contributed by atoms with van der Waals surface area (Å²) in [5.74, 6) is -0.935. The number of rotatable bonds is 3. The topological polar surface area (TPSA) is 62.1 Å². The van der Waals surface area contributed by atoms with Crippen molar-refractivity contribution in [3.63, 3.8) is 0 Å². The fourth-order valence-electron chi connectivity index (χ4n) is 5.83. The van der Waals surface area contributed by atoms with E-state index in [1.54, 1.807) is 31.2 Å². The van der Waals surface area contributed by atoms with Crippen LogP contribution >= 0.6 is 0 Å². The second-order valence-corrected chi connectivity index (χ2v) is 9.29. The van der Waals surface area contributed by atoms with Gasteiger partial charge in [0.05, 0.1) is 37.3 Å². The molecule has 0 aromatic heterocycles. The first kappa shape index (κ1) is 20.8. The van der Waals surface area contributed by atoms with Gasteiger partial charge in [0.25, 0.3) is 11.8 Å². The van der Waals surface area contributed by atoms with Gasteiger partial charge in [-0.2, -0.15) is 0 Å². The summed E-state index contributed by atoms with van der Waals surface area (Å²) in [6.07, 6.45) is 0. The molecule has 1 atom stereocenters. The molecule has 3 aliphatic rings. The molecule has 0 bridgehead atoms. The monoisotopic (exact) mass is 452 g/mol. The van der Waals surface area contributed by atoms with Crippen LogP contribution in [0.15, 0.2) is 72.8 Å². The van der Waals surface area contributed by atoms with Crippen LogP contribution in [0, 0.1) is 0 Å². The molecular weight excluding hydrogens is 426 g/mol. The number of imide groups is 1. The van der Waals surface area contributed by atoms with Crippen LogP contribution in [0.4, 0.5) is 0 Å². The van der Waals surface area contributed by atoms with E-state index in [0.29, 0.717) is 24.2 Å². The number of nitrogens with zero attached hydrogens (tertiary/aromatic N) is 2. The average Bonchev–Trinajstić information content (AvgIpc) is 3.35. The molecule has 1 aliphatic carbocycles. The van der Waals surface area contributed by atoms with E-state index in [0.717, 1.165) is 18.0 Å². The van der Waals surface area contributed by atoms with Crippen LogP contribution in [0.5, 0.6) is 0 Å². The van der Waals surface area contributed by atoms with Crippen molar-refractivity contribution < 1.29 is 19.3 Å². The largest absolute Gasteiger partial charge is 0.330 e. The first-order valence-corrected chi connectivity index (χ1v) is 11.8. The Morgan fingerprint density at radius 3 is 1.71 bits per heavy atom. The Labute approximate surface area is 198 Å². The summed E-state index contributed by atoms with van der Waals surface area (Å²) < 4.78 is 0. The van der Waals surface area contributed by atoms with E-state index in [4.69, 9.17) is 0 Å². The Morgan fingerprint density at radius 1 is 0.765 bits per heavy atom. The van der Waals surface area contributed by atoms with E-state index in [-0.39, 0.29) is 23.8 Å². The third-order valence-electron chi connectivity index (χ3n) is 7.53. The quantitative estimate of drug-likeness (QED) is 0.620. The van der Waals surface area contributed by atoms with E-state index in [1.807, 2.05) is 4.90 Å². The highest BCUT2D eigenvalue weighted by Gasteiger charge is 2.43. The first-order chi connectivity index (χ1) is 16.6. The van der Waals surface area contributed by atoms with E-state index >= 15 is 0 Å². The van der Waals surface area contributed by atoms with E-state index in [9.17, 15) is 14.4 Å². The fraction of sp³-hybridized carbons (Fsp3) is 0.250. The van der Waals surface area contributed by atoms with Gasteiger partial charge in [-0.1, -0.05) is 60.7 Å². The SMILES string of the molecule is C[C@H](C(=O)N1CC[NH+](C2c3ccccc3-c3ccccc32)CC1)N1C(=O)c2ccccc2C1=O. The van der Waals surface area contributed by atoms with E-state index in [2.05, 4.69) is 48.5 Å². The predicted octanol–water partition coefficient (Wildman–Crippen LogP) is 2.17. The molecule has 0 radical (unpaired) electrons. The molecule has 6 heteroatoms. The van der Waals surface area contributed by atoms with Crippen molar-refractivity contribution in [3.05, 3.63) is 95.1 Å². The number of benzene rings is 3. The highest BCUT2D eigenvalue weighted by molar-refractivity contribution is 6.22. The number of carbonyl (C=O) groups is 3. The summed E-state index contributed by atoms with van der Waals surface area (Å²) >= 11 is 0. The number of carbonyl (C=O) groups excluding carboxylic acids is 3. The molecule has 6 nitrogen and oxygen atoms in total. The molecule has 0 saturated carbocycles. The van der Waals surface area contributed by atoms with Gasteiger partial charge in [-0.15, -0.1) is 0 Å². The van der Waals surface area contributed by atoms with Gasteiger partial charge in [0.15, 0.2) is 0 Å². The van der Waals surface area contributed by atoms with E-state index < -0.39 is 6.04 Å². The molecule has 3 aromatic carbocycles. The molecular formula is C28H26N3O3+. The molecule has 1 fully saturated rings. The molecule has 3 aromatic rings. The van der Waals surface area contributed by atoms with Gasteiger partial charge in [0, 0.05) is 11.1 Å². The van der Waals surface area contributed by atoms with Gasteiger partial charge in [0.2, 0.25) is 5.91 Å². The second-order valence-electron chi connectivity index (χ2n) is 9.29. The Kier molecular flexibility index (Phi) is 4.85. The van der Waals surface area contributed by atoms with Crippen molar-refractivity contribution >= 4 is 17.7 Å². The minimum atomic E-state index is -0.818. The van der Waals surface area contributed by atoms with Gasteiger partial charge < -0.3 is 9.80 Å². The minimum Gasteiger partial charge on any atom is -0.330 e. The van der Waals surface area contributed by atoms with Crippen LogP contribution in [0.25, 0.3) is 11.1 Å².